The maximum Gasteiger partial charge on any atom is 0.326 e. The minimum atomic E-state index is -3.98. The van der Waals surface area contributed by atoms with Gasteiger partial charge in [-0.1, -0.05) is 17.7 Å². The van der Waals surface area contributed by atoms with Crippen molar-refractivity contribution in [1.82, 2.24) is 4.72 Å². The average Bonchev–Trinajstić information content (AvgIpc) is 2.38. The summed E-state index contributed by atoms with van der Waals surface area (Å²) in [5.41, 5.74) is 0.359. The molecule has 8 heteroatoms. The Morgan fingerprint density at radius 2 is 2.16 bits per heavy atom. The first-order valence-electron chi connectivity index (χ1n) is 5.29. The van der Waals surface area contributed by atoms with Crippen molar-refractivity contribution in [3.05, 3.63) is 28.8 Å². The number of carbonyl (C=O) groups is 1. The predicted molar refractivity (Wildman–Crippen MR) is 69.4 cm³/mol. The number of nitrogens with one attached hydrogen (secondary N) is 1. The molecule has 1 rings (SSSR count). The molecule has 0 aliphatic carbocycles. The lowest BCUT2D eigenvalue weighted by Crippen LogP contribution is -2.44. The molecule has 1 aromatic rings. The van der Waals surface area contributed by atoms with Gasteiger partial charge in [-0.2, -0.15) is 4.72 Å². The minimum absolute atomic E-state index is 0.0534. The molecule has 106 valence electrons. The lowest BCUT2D eigenvalue weighted by Gasteiger charge is -2.15. The largest absolute Gasteiger partial charge is 0.468 e. The number of hydrogen-bond donors (Lipinski definition) is 2. The van der Waals surface area contributed by atoms with Crippen molar-refractivity contribution in [3.8, 4) is 0 Å². The van der Waals surface area contributed by atoms with Gasteiger partial charge in [-0.25, -0.2) is 8.42 Å². The van der Waals surface area contributed by atoms with E-state index in [-0.39, 0.29) is 4.90 Å². The van der Waals surface area contributed by atoms with E-state index in [1.165, 1.54) is 12.1 Å². The van der Waals surface area contributed by atoms with E-state index in [9.17, 15) is 13.2 Å². The van der Waals surface area contributed by atoms with Crippen LogP contribution in [-0.4, -0.2) is 39.3 Å². The fourth-order valence-corrected chi connectivity index (χ4v) is 3.11. The third-order valence-electron chi connectivity index (χ3n) is 2.47. The van der Waals surface area contributed by atoms with E-state index < -0.39 is 28.6 Å². The molecule has 0 bridgehead atoms. The van der Waals surface area contributed by atoms with Crippen LogP contribution in [-0.2, 0) is 19.6 Å². The number of halogens is 1. The number of methoxy groups -OCH3 is 1. The van der Waals surface area contributed by atoms with Crippen molar-refractivity contribution >= 4 is 27.6 Å². The fourth-order valence-electron chi connectivity index (χ4n) is 1.43. The Labute approximate surface area is 116 Å². The van der Waals surface area contributed by atoms with Gasteiger partial charge in [-0.3, -0.25) is 4.79 Å². The van der Waals surface area contributed by atoms with Gasteiger partial charge in [-0.05, 0) is 24.6 Å². The first kappa shape index (κ1) is 15.9. The normalized spacial score (nSPS) is 13.1. The van der Waals surface area contributed by atoms with Crippen LogP contribution in [0.3, 0.4) is 0 Å². The average molecular weight is 308 g/mol. The smallest absolute Gasteiger partial charge is 0.326 e. The summed E-state index contributed by atoms with van der Waals surface area (Å²) in [4.78, 5) is 11.2. The van der Waals surface area contributed by atoms with Crippen molar-refractivity contribution in [2.75, 3.05) is 13.7 Å². The number of ether oxygens (including phenoxy) is 1. The number of aliphatic hydroxyl groups is 1. The molecule has 0 aliphatic heterocycles. The van der Waals surface area contributed by atoms with Crippen LogP contribution < -0.4 is 4.72 Å². The van der Waals surface area contributed by atoms with Crippen LogP contribution in [0, 0.1) is 6.92 Å². The minimum Gasteiger partial charge on any atom is -0.468 e. The van der Waals surface area contributed by atoms with Gasteiger partial charge in [0.25, 0.3) is 0 Å². The van der Waals surface area contributed by atoms with Gasteiger partial charge in [-0.15, -0.1) is 0 Å². The SMILES string of the molecule is COC(=O)[C@H](CO)NS(=O)(=O)c1cccc(Cl)c1C. The summed E-state index contributed by atoms with van der Waals surface area (Å²) in [5, 5.41) is 9.30. The highest BCUT2D eigenvalue weighted by Crippen LogP contribution is 2.22. The molecule has 0 aliphatic rings. The predicted octanol–water partition coefficient (Wildman–Crippen LogP) is 0.461. The molecule has 0 aromatic heterocycles. The highest BCUT2D eigenvalue weighted by atomic mass is 35.5. The Kier molecular flexibility index (Phi) is 5.30. The molecule has 0 saturated heterocycles. The Hall–Kier alpha value is -1.15. The van der Waals surface area contributed by atoms with Crippen molar-refractivity contribution in [1.29, 1.82) is 0 Å². The molecule has 19 heavy (non-hydrogen) atoms. The Morgan fingerprint density at radius 3 is 2.68 bits per heavy atom. The number of aliphatic hydroxyl groups excluding tert-OH is 1. The van der Waals surface area contributed by atoms with E-state index in [0.717, 1.165) is 7.11 Å². The highest BCUT2D eigenvalue weighted by molar-refractivity contribution is 7.89. The van der Waals surface area contributed by atoms with Gasteiger partial charge < -0.3 is 9.84 Å². The van der Waals surface area contributed by atoms with E-state index in [0.29, 0.717) is 10.6 Å². The van der Waals surface area contributed by atoms with Crippen molar-refractivity contribution in [2.45, 2.75) is 17.9 Å². The third kappa shape index (κ3) is 3.66. The maximum atomic E-state index is 12.1. The zero-order valence-electron chi connectivity index (χ0n) is 10.4. The summed E-state index contributed by atoms with van der Waals surface area (Å²) in [5.74, 6) is -0.870. The van der Waals surface area contributed by atoms with Crippen molar-refractivity contribution in [3.63, 3.8) is 0 Å². The van der Waals surface area contributed by atoms with Crippen LogP contribution >= 0.6 is 11.6 Å². The molecule has 0 saturated carbocycles. The summed E-state index contributed by atoms with van der Waals surface area (Å²) < 4.78 is 30.7. The van der Waals surface area contributed by atoms with Crippen molar-refractivity contribution < 1.29 is 23.1 Å². The molecule has 0 amide bonds. The quantitative estimate of drug-likeness (QED) is 0.771. The molecule has 0 fully saturated rings. The summed E-state index contributed by atoms with van der Waals surface area (Å²) in [6, 6.07) is 3.04. The summed E-state index contributed by atoms with van der Waals surface area (Å²) in [6.45, 7) is 0.842. The molecular weight excluding hydrogens is 294 g/mol. The molecule has 1 atom stereocenters. The molecule has 2 N–H and O–H groups in total. The molecule has 0 spiro atoms. The van der Waals surface area contributed by atoms with Crippen molar-refractivity contribution in [2.24, 2.45) is 0 Å². The molecule has 0 radical (unpaired) electrons. The number of hydrogen-bond acceptors (Lipinski definition) is 5. The van der Waals surface area contributed by atoms with Gasteiger partial charge in [0.15, 0.2) is 0 Å². The van der Waals surface area contributed by atoms with Crippen LogP contribution in [0.4, 0.5) is 0 Å². The number of sulfonamides is 1. The second-order valence-electron chi connectivity index (χ2n) is 3.74. The number of esters is 1. The Bertz CT molecular complexity index is 572. The second kappa shape index (κ2) is 6.33. The number of rotatable bonds is 5. The third-order valence-corrected chi connectivity index (χ3v) is 4.50. The fraction of sp³-hybridized carbons (Fsp3) is 0.364. The summed E-state index contributed by atoms with van der Waals surface area (Å²) >= 11 is 5.85. The van der Waals surface area contributed by atoms with E-state index in [1.807, 2.05) is 0 Å². The molecule has 1 aromatic carbocycles. The van der Waals surface area contributed by atoms with E-state index in [1.54, 1.807) is 13.0 Å². The van der Waals surface area contributed by atoms with Gasteiger partial charge in [0.05, 0.1) is 18.6 Å². The number of benzene rings is 1. The second-order valence-corrected chi connectivity index (χ2v) is 5.83. The first-order valence-corrected chi connectivity index (χ1v) is 7.15. The van der Waals surface area contributed by atoms with E-state index in [2.05, 4.69) is 9.46 Å². The van der Waals surface area contributed by atoms with E-state index >= 15 is 0 Å². The maximum absolute atomic E-state index is 12.1. The zero-order chi connectivity index (χ0) is 14.6. The highest BCUT2D eigenvalue weighted by Gasteiger charge is 2.27. The summed E-state index contributed by atoms with van der Waals surface area (Å²) in [6.07, 6.45) is 0. The monoisotopic (exact) mass is 307 g/mol. The molecular formula is C11H14ClNO5S. The lowest BCUT2D eigenvalue weighted by atomic mass is 10.2. The topological polar surface area (TPSA) is 92.7 Å². The lowest BCUT2D eigenvalue weighted by molar-refractivity contribution is -0.143. The zero-order valence-corrected chi connectivity index (χ0v) is 12.0. The summed E-state index contributed by atoms with van der Waals surface area (Å²) in [7, 11) is -2.87. The van der Waals surface area contributed by atoms with Crippen LogP contribution in [0.5, 0.6) is 0 Å². The molecule has 0 heterocycles. The molecule has 0 unspecified atom stereocenters. The van der Waals surface area contributed by atoms with Gasteiger partial charge in [0.1, 0.15) is 6.04 Å². The Morgan fingerprint density at radius 1 is 1.53 bits per heavy atom. The van der Waals surface area contributed by atoms with Crippen LogP contribution in [0.15, 0.2) is 23.1 Å². The number of carbonyl (C=O) groups excluding carboxylic acids is 1. The van der Waals surface area contributed by atoms with Crippen LogP contribution in [0.25, 0.3) is 0 Å². The van der Waals surface area contributed by atoms with Crippen LogP contribution in [0.1, 0.15) is 5.56 Å². The molecule has 6 nitrogen and oxygen atoms in total. The van der Waals surface area contributed by atoms with E-state index in [4.69, 9.17) is 16.7 Å². The van der Waals surface area contributed by atoms with Crippen LogP contribution in [0.2, 0.25) is 5.02 Å². The first-order chi connectivity index (χ1) is 8.83. The van der Waals surface area contributed by atoms with Gasteiger partial charge in [0.2, 0.25) is 10.0 Å². The van der Waals surface area contributed by atoms with Gasteiger partial charge in [0, 0.05) is 5.02 Å². The van der Waals surface area contributed by atoms with Gasteiger partial charge >= 0.3 is 5.97 Å². The Balaban J connectivity index is 3.11. The standard InChI is InChI=1S/C11H14ClNO5S/c1-7-8(12)4-3-5-10(7)19(16,17)13-9(6-14)11(15)18-2/h3-5,9,13-14H,6H2,1-2H3/t9-/m0/s1.